The average molecular weight is 381 g/mol. The van der Waals surface area contributed by atoms with Crippen LogP contribution < -0.4 is 4.74 Å². The number of hydrogen-bond acceptors (Lipinski definition) is 6. The summed E-state index contributed by atoms with van der Waals surface area (Å²) in [6.45, 7) is 3.96. The number of esters is 1. The number of hydrogen-bond donors (Lipinski definition) is 0. The van der Waals surface area contributed by atoms with Crippen molar-refractivity contribution in [2.24, 2.45) is 0 Å². The molecule has 0 atom stereocenters. The van der Waals surface area contributed by atoms with Gasteiger partial charge in [0, 0.05) is 11.1 Å². The molecule has 0 spiro atoms. The van der Waals surface area contributed by atoms with E-state index in [9.17, 15) is 9.59 Å². The van der Waals surface area contributed by atoms with Gasteiger partial charge in [-0.1, -0.05) is 30.3 Å². The third-order valence-corrected chi connectivity index (χ3v) is 4.74. The van der Waals surface area contributed by atoms with Gasteiger partial charge in [0.15, 0.2) is 12.4 Å². The lowest BCUT2D eigenvalue weighted by molar-refractivity contribution is 0.0480. The zero-order chi connectivity index (χ0) is 19.2. The number of Topliss-reactive ketones (excluding diaryl/α,β-unsaturated/α-hetero) is 1. The van der Waals surface area contributed by atoms with Crippen LogP contribution in [0.15, 0.2) is 54.6 Å². The number of ketones is 1. The molecule has 6 heteroatoms. The van der Waals surface area contributed by atoms with Gasteiger partial charge in [0.1, 0.15) is 10.6 Å². The van der Waals surface area contributed by atoms with Crippen LogP contribution >= 0.6 is 11.3 Å². The maximum atomic E-state index is 12.5. The molecule has 0 aliphatic heterocycles. The Morgan fingerprint density at radius 2 is 1.74 bits per heavy atom. The average Bonchev–Trinajstić information content (AvgIpc) is 3.09. The minimum atomic E-state index is -0.543. The predicted molar refractivity (Wildman–Crippen MR) is 105 cm³/mol. The molecule has 0 fully saturated rings. The van der Waals surface area contributed by atoms with Gasteiger partial charge in [-0.25, -0.2) is 9.78 Å². The van der Waals surface area contributed by atoms with E-state index in [0.29, 0.717) is 28.5 Å². The predicted octanol–water partition coefficient (Wildman–Crippen LogP) is 4.56. The van der Waals surface area contributed by atoms with Gasteiger partial charge in [0.25, 0.3) is 0 Å². The Morgan fingerprint density at radius 3 is 2.41 bits per heavy atom. The van der Waals surface area contributed by atoms with Crippen molar-refractivity contribution >= 4 is 23.1 Å². The standard InChI is InChI=1S/C21H19NO4S/c1-3-25-17-11-9-15(10-12-17)18(23)13-26-21(24)20-19(22-14(2)27-20)16-7-5-4-6-8-16/h4-12H,3,13H2,1-2H3. The highest BCUT2D eigenvalue weighted by Crippen LogP contribution is 2.28. The van der Waals surface area contributed by atoms with E-state index in [2.05, 4.69) is 4.98 Å². The Bertz CT molecular complexity index is 933. The summed E-state index contributed by atoms with van der Waals surface area (Å²) >= 11 is 1.26. The normalized spacial score (nSPS) is 10.4. The Hall–Kier alpha value is -2.99. The third kappa shape index (κ3) is 4.60. The first-order valence-corrected chi connectivity index (χ1v) is 9.36. The first kappa shape index (κ1) is 18.8. The number of aryl methyl sites for hydroxylation is 1. The van der Waals surface area contributed by atoms with Crippen molar-refractivity contribution in [3.63, 3.8) is 0 Å². The van der Waals surface area contributed by atoms with Gasteiger partial charge in [-0.3, -0.25) is 4.79 Å². The highest BCUT2D eigenvalue weighted by atomic mass is 32.1. The topological polar surface area (TPSA) is 65.5 Å². The maximum Gasteiger partial charge on any atom is 0.351 e. The molecule has 5 nitrogen and oxygen atoms in total. The molecule has 0 radical (unpaired) electrons. The van der Waals surface area contributed by atoms with E-state index in [1.54, 1.807) is 24.3 Å². The fourth-order valence-corrected chi connectivity index (χ4v) is 3.38. The first-order valence-electron chi connectivity index (χ1n) is 8.54. The minimum absolute atomic E-state index is 0.270. The molecule has 1 aromatic heterocycles. The molecule has 0 saturated heterocycles. The summed E-state index contributed by atoms with van der Waals surface area (Å²) in [5.41, 5.74) is 1.89. The van der Waals surface area contributed by atoms with Gasteiger partial charge < -0.3 is 9.47 Å². The zero-order valence-corrected chi connectivity index (χ0v) is 15.9. The van der Waals surface area contributed by atoms with Crippen molar-refractivity contribution < 1.29 is 19.1 Å². The van der Waals surface area contributed by atoms with Crippen LogP contribution in [-0.2, 0) is 4.74 Å². The Morgan fingerprint density at radius 1 is 1.04 bits per heavy atom. The molecule has 1 heterocycles. The van der Waals surface area contributed by atoms with Gasteiger partial charge in [-0.05, 0) is 38.1 Å². The van der Waals surface area contributed by atoms with Crippen molar-refractivity contribution in [1.82, 2.24) is 4.98 Å². The second-order valence-electron chi connectivity index (χ2n) is 5.73. The minimum Gasteiger partial charge on any atom is -0.494 e. The Kier molecular flexibility index (Phi) is 5.98. The van der Waals surface area contributed by atoms with E-state index in [-0.39, 0.29) is 12.4 Å². The fourth-order valence-electron chi connectivity index (χ4n) is 2.54. The largest absolute Gasteiger partial charge is 0.494 e. The molecule has 0 bridgehead atoms. The number of carbonyl (C=O) groups excluding carboxylic acids is 2. The number of ether oxygens (including phenoxy) is 2. The number of aromatic nitrogens is 1. The molecule has 0 amide bonds. The highest BCUT2D eigenvalue weighted by Gasteiger charge is 2.20. The zero-order valence-electron chi connectivity index (χ0n) is 15.1. The lowest BCUT2D eigenvalue weighted by Gasteiger charge is -2.06. The second kappa shape index (κ2) is 8.60. The van der Waals surface area contributed by atoms with E-state index < -0.39 is 5.97 Å². The van der Waals surface area contributed by atoms with E-state index in [0.717, 1.165) is 10.6 Å². The van der Waals surface area contributed by atoms with Crippen molar-refractivity contribution in [3.05, 3.63) is 70.0 Å². The molecular weight excluding hydrogens is 362 g/mol. The fraction of sp³-hybridized carbons (Fsp3) is 0.190. The molecular formula is C21H19NO4S. The molecule has 0 saturated carbocycles. The van der Waals surface area contributed by atoms with E-state index >= 15 is 0 Å². The van der Waals surface area contributed by atoms with Crippen molar-refractivity contribution in [2.45, 2.75) is 13.8 Å². The third-order valence-electron chi connectivity index (χ3n) is 3.79. The summed E-state index contributed by atoms with van der Waals surface area (Å²) in [6, 6.07) is 16.2. The lowest BCUT2D eigenvalue weighted by atomic mass is 10.1. The molecule has 2 aromatic carbocycles. The molecule has 0 aliphatic carbocycles. The van der Waals surface area contributed by atoms with Crippen LogP contribution in [0.2, 0.25) is 0 Å². The number of benzene rings is 2. The molecule has 0 unspecified atom stereocenters. The monoisotopic (exact) mass is 381 g/mol. The molecule has 3 rings (SSSR count). The highest BCUT2D eigenvalue weighted by molar-refractivity contribution is 7.14. The molecule has 27 heavy (non-hydrogen) atoms. The van der Waals surface area contributed by atoms with E-state index in [1.807, 2.05) is 44.2 Å². The summed E-state index contributed by atoms with van der Waals surface area (Å²) in [7, 11) is 0. The van der Waals surface area contributed by atoms with Crippen LogP contribution in [0.5, 0.6) is 5.75 Å². The molecule has 3 aromatic rings. The van der Waals surface area contributed by atoms with Crippen molar-refractivity contribution in [1.29, 1.82) is 0 Å². The van der Waals surface area contributed by atoms with Crippen LogP contribution in [0.25, 0.3) is 11.3 Å². The number of nitrogens with zero attached hydrogens (tertiary/aromatic N) is 1. The van der Waals surface area contributed by atoms with Gasteiger partial charge in [0.2, 0.25) is 0 Å². The summed E-state index contributed by atoms with van der Waals surface area (Å²) in [5, 5.41) is 0.763. The van der Waals surface area contributed by atoms with Gasteiger partial charge >= 0.3 is 5.97 Å². The van der Waals surface area contributed by atoms with Crippen molar-refractivity contribution in [3.8, 4) is 17.0 Å². The SMILES string of the molecule is CCOc1ccc(C(=O)COC(=O)c2sc(C)nc2-c2ccccc2)cc1. The number of rotatable bonds is 7. The number of thiazole rings is 1. The van der Waals surface area contributed by atoms with Crippen LogP contribution in [0.4, 0.5) is 0 Å². The first-order chi connectivity index (χ1) is 13.1. The smallest absolute Gasteiger partial charge is 0.351 e. The molecule has 138 valence electrons. The van der Waals surface area contributed by atoms with E-state index in [4.69, 9.17) is 9.47 Å². The molecule has 0 aliphatic rings. The lowest BCUT2D eigenvalue weighted by Crippen LogP contribution is -2.14. The van der Waals surface area contributed by atoms with Gasteiger partial charge in [0.05, 0.1) is 17.3 Å². The number of carbonyl (C=O) groups is 2. The van der Waals surface area contributed by atoms with Crippen LogP contribution in [0, 0.1) is 6.92 Å². The Balaban J connectivity index is 1.68. The molecule has 0 N–H and O–H groups in total. The summed E-state index contributed by atoms with van der Waals surface area (Å²) in [5.74, 6) is -0.119. The van der Waals surface area contributed by atoms with Crippen LogP contribution in [-0.4, -0.2) is 30.0 Å². The van der Waals surface area contributed by atoms with Crippen molar-refractivity contribution in [2.75, 3.05) is 13.2 Å². The summed E-state index contributed by atoms with van der Waals surface area (Å²) < 4.78 is 10.6. The van der Waals surface area contributed by atoms with Crippen LogP contribution in [0.3, 0.4) is 0 Å². The van der Waals surface area contributed by atoms with E-state index in [1.165, 1.54) is 11.3 Å². The quantitative estimate of drug-likeness (QED) is 0.443. The summed E-state index contributed by atoms with van der Waals surface area (Å²) in [6.07, 6.45) is 0. The second-order valence-corrected chi connectivity index (χ2v) is 6.94. The summed E-state index contributed by atoms with van der Waals surface area (Å²) in [4.78, 5) is 29.6. The van der Waals surface area contributed by atoms with Gasteiger partial charge in [-0.15, -0.1) is 11.3 Å². The van der Waals surface area contributed by atoms with Crippen LogP contribution in [0.1, 0.15) is 32.0 Å². The Labute approximate surface area is 161 Å². The van der Waals surface area contributed by atoms with Gasteiger partial charge in [-0.2, -0.15) is 0 Å². The maximum absolute atomic E-state index is 12.5.